The number of hydrogen-bond acceptors (Lipinski definition) is 2. The fraction of sp³-hybridized carbons (Fsp3) is 0.600. The second kappa shape index (κ2) is 6.75. The second-order valence-corrected chi connectivity index (χ2v) is 5.19. The molecule has 1 aliphatic heterocycles. The van der Waals surface area contributed by atoms with Crippen LogP contribution in [-0.4, -0.2) is 19.8 Å². The van der Waals surface area contributed by atoms with E-state index in [1.807, 2.05) is 6.92 Å². The van der Waals surface area contributed by atoms with Crippen LogP contribution < -0.4 is 5.32 Å². The number of benzene rings is 1. The Hall–Kier alpha value is -1.14. The van der Waals surface area contributed by atoms with E-state index in [2.05, 4.69) is 5.32 Å². The highest BCUT2D eigenvalue weighted by atomic mass is 19.4. The lowest BCUT2D eigenvalue weighted by Crippen LogP contribution is -2.33. The van der Waals surface area contributed by atoms with Crippen LogP contribution >= 0.6 is 0 Å². The molecule has 1 N–H and O–H groups in total. The Balaban J connectivity index is 2.36. The summed E-state index contributed by atoms with van der Waals surface area (Å²) in [6.07, 6.45) is -3.24. The molecule has 118 valence electrons. The van der Waals surface area contributed by atoms with Gasteiger partial charge in [-0.05, 0) is 31.4 Å². The zero-order valence-electron chi connectivity index (χ0n) is 11.8. The van der Waals surface area contributed by atoms with Gasteiger partial charge in [0.1, 0.15) is 5.82 Å². The maximum absolute atomic E-state index is 14.3. The number of hydrogen-bond donors (Lipinski definition) is 1. The van der Waals surface area contributed by atoms with Crippen molar-refractivity contribution < 1.29 is 22.3 Å². The third-order valence-corrected chi connectivity index (χ3v) is 3.83. The first-order valence-electron chi connectivity index (χ1n) is 7.12. The maximum atomic E-state index is 14.3. The van der Waals surface area contributed by atoms with Gasteiger partial charge in [-0.1, -0.05) is 19.1 Å². The van der Waals surface area contributed by atoms with E-state index in [4.69, 9.17) is 4.74 Å². The van der Waals surface area contributed by atoms with Gasteiger partial charge in [-0.25, -0.2) is 4.39 Å². The SMILES string of the molecule is CCNC(c1cccc(C(F)(F)F)c1F)C1CCOCC1. The van der Waals surface area contributed by atoms with E-state index in [1.165, 1.54) is 12.1 Å². The van der Waals surface area contributed by atoms with Crippen LogP contribution in [0, 0.1) is 11.7 Å². The smallest absolute Gasteiger partial charge is 0.381 e. The molecule has 1 unspecified atom stereocenters. The lowest BCUT2D eigenvalue weighted by Gasteiger charge is -2.31. The summed E-state index contributed by atoms with van der Waals surface area (Å²) >= 11 is 0. The van der Waals surface area contributed by atoms with Crippen LogP contribution in [0.25, 0.3) is 0 Å². The number of halogens is 4. The van der Waals surface area contributed by atoms with Gasteiger partial charge in [-0.2, -0.15) is 13.2 Å². The van der Waals surface area contributed by atoms with Crippen LogP contribution in [0.1, 0.15) is 36.9 Å². The molecule has 1 heterocycles. The molecule has 0 amide bonds. The van der Waals surface area contributed by atoms with Crippen molar-refractivity contribution >= 4 is 0 Å². The summed E-state index contributed by atoms with van der Waals surface area (Å²) in [6, 6.07) is 3.07. The molecule has 2 nitrogen and oxygen atoms in total. The standard InChI is InChI=1S/C15H19F4NO/c1-2-20-14(10-6-8-21-9-7-10)11-4-3-5-12(13(11)16)15(17,18)19/h3-5,10,14,20H,2,6-9H2,1H3. The summed E-state index contributed by atoms with van der Waals surface area (Å²) in [5, 5.41) is 3.13. The molecule has 1 fully saturated rings. The van der Waals surface area contributed by atoms with Crippen molar-refractivity contribution in [1.82, 2.24) is 5.32 Å². The minimum absolute atomic E-state index is 0.0803. The molecule has 21 heavy (non-hydrogen) atoms. The van der Waals surface area contributed by atoms with Crippen LogP contribution in [0.3, 0.4) is 0 Å². The molecular formula is C15H19F4NO. The van der Waals surface area contributed by atoms with Crippen LogP contribution in [0.15, 0.2) is 18.2 Å². The molecule has 0 aromatic heterocycles. The van der Waals surface area contributed by atoms with E-state index in [9.17, 15) is 17.6 Å². The zero-order valence-corrected chi connectivity index (χ0v) is 11.8. The fourth-order valence-corrected chi connectivity index (χ4v) is 2.81. The van der Waals surface area contributed by atoms with Crippen molar-refractivity contribution in [2.45, 2.75) is 32.0 Å². The molecule has 1 aromatic carbocycles. The highest BCUT2D eigenvalue weighted by molar-refractivity contribution is 5.31. The van der Waals surface area contributed by atoms with E-state index in [1.54, 1.807) is 0 Å². The minimum atomic E-state index is -4.67. The first kappa shape index (κ1) is 16.2. The Morgan fingerprint density at radius 3 is 2.52 bits per heavy atom. The molecule has 6 heteroatoms. The van der Waals surface area contributed by atoms with Gasteiger partial charge in [0.15, 0.2) is 0 Å². The van der Waals surface area contributed by atoms with Crippen LogP contribution in [0.2, 0.25) is 0 Å². The van der Waals surface area contributed by atoms with Crippen molar-refractivity contribution in [1.29, 1.82) is 0 Å². The molecule has 0 bridgehead atoms. The van der Waals surface area contributed by atoms with E-state index in [0.29, 0.717) is 32.6 Å². The van der Waals surface area contributed by atoms with Gasteiger partial charge in [-0.3, -0.25) is 0 Å². The number of alkyl halides is 3. The topological polar surface area (TPSA) is 21.3 Å². The predicted molar refractivity (Wildman–Crippen MR) is 71.4 cm³/mol. The largest absolute Gasteiger partial charge is 0.419 e. The quantitative estimate of drug-likeness (QED) is 0.851. The Bertz CT molecular complexity index is 469. The Labute approximate surface area is 121 Å². The summed E-state index contributed by atoms with van der Waals surface area (Å²) in [7, 11) is 0. The minimum Gasteiger partial charge on any atom is -0.381 e. The van der Waals surface area contributed by atoms with Gasteiger partial charge < -0.3 is 10.1 Å². The predicted octanol–water partition coefficient (Wildman–Crippen LogP) is 3.92. The normalized spacial score (nSPS) is 18.7. The lowest BCUT2D eigenvalue weighted by atomic mass is 9.86. The number of nitrogens with one attached hydrogen (secondary N) is 1. The summed E-state index contributed by atoms with van der Waals surface area (Å²) < 4.78 is 58.1. The first-order chi connectivity index (χ1) is 9.95. The van der Waals surface area contributed by atoms with Gasteiger partial charge in [0.25, 0.3) is 0 Å². The highest BCUT2D eigenvalue weighted by Gasteiger charge is 2.37. The van der Waals surface area contributed by atoms with Crippen molar-refractivity contribution in [3.63, 3.8) is 0 Å². The van der Waals surface area contributed by atoms with Crippen LogP contribution in [0.4, 0.5) is 17.6 Å². The van der Waals surface area contributed by atoms with Crippen LogP contribution in [-0.2, 0) is 10.9 Å². The zero-order chi connectivity index (χ0) is 15.5. The molecule has 0 saturated carbocycles. The first-order valence-corrected chi connectivity index (χ1v) is 7.12. The van der Waals surface area contributed by atoms with Crippen molar-refractivity contribution in [3.05, 3.63) is 35.1 Å². The van der Waals surface area contributed by atoms with Crippen molar-refractivity contribution in [2.75, 3.05) is 19.8 Å². The highest BCUT2D eigenvalue weighted by Crippen LogP contribution is 2.37. The Morgan fingerprint density at radius 2 is 1.95 bits per heavy atom. The van der Waals surface area contributed by atoms with E-state index >= 15 is 0 Å². The molecule has 1 aliphatic rings. The summed E-state index contributed by atoms with van der Waals surface area (Å²) in [4.78, 5) is 0. The Kier molecular flexibility index (Phi) is 5.22. The van der Waals surface area contributed by atoms with Gasteiger partial charge in [0.05, 0.1) is 5.56 Å². The van der Waals surface area contributed by atoms with Gasteiger partial charge in [-0.15, -0.1) is 0 Å². The average Bonchev–Trinajstić information content (AvgIpc) is 2.45. The molecule has 0 spiro atoms. The van der Waals surface area contributed by atoms with Crippen LogP contribution in [0.5, 0.6) is 0 Å². The van der Waals surface area contributed by atoms with Gasteiger partial charge in [0, 0.05) is 24.8 Å². The average molecular weight is 305 g/mol. The van der Waals surface area contributed by atoms with Crippen molar-refractivity contribution in [3.8, 4) is 0 Å². The molecule has 1 atom stereocenters. The molecule has 0 radical (unpaired) electrons. The maximum Gasteiger partial charge on any atom is 0.419 e. The lowest BCUT2D eigenvalue weighted by molar-refractivity contribution is -0.140. The molecule has 2 rings (SSSR count). The summed E-state index contributed by atoms with van der Waals surface area (Å²) in [6.45, 7) is 3.55. The third-order valence-electron chi connectivity index (χ3n) is 3.83. The second-order valence-electron chi connectivity index (χ2n) is 5.19. The van der Waals surface area contributed by atoms with E-state index in [-0.39, 0.29) is 11.5 Å². The number of ether oxygens (including phenoxy) is 1. The fourth-order valence-electron chi connectivity index (χ4n) is 2.81. The summed E-state index contributed by atoms with van der Waals surface area (Å²) in [5.41, 5.74) is -1.10. The summed E-state index contributed by atoms with van der Waals surface area (Å²) in [5.74, 6) is -1.08. The number of rotatable bonds is 4. The van der Waals surface area contributed by atoms with E-state index < -0.39 is 23.6 Å². The van der Waals surface area contributed by atoms with E-state index in [0.717, 1.165) is 6.07 Å². The third kappa shape index (κ3) is 3.74. The molecular weight excluding hydrogens is 286 g/mol. The van der Waals surface area contributed by atoms with Crippen molar-refractivity contribution in [2.24, 2.45) is 5.92 Å². The Morgan fingerprint density at radius 1 is 1.29 bits per heavy atom. The monoisotopic (exact) mass is 305 g/mol. The molecule has 1 saturated heterocycles. The molecule has 1 aromatic rings. The van der Waals surface area contributed by atoms with Gasteiger partial charge in [0.2, 0.25) is 0 Å². The molecule has 0 aliphatic carbocycles. The van der Waals surface area contributed by atoms with Gasteiger partial charge >= 0.3 is 6.18 Å².